The Balaban J connectivity index is 2.40. The zero-order valence-corrected chi connectivity index (χ0v) is 10.6. The SMILES string of the molecule is CN(C)C(N)CN(N)CC1C(F)CCCC1F. The molecule has 3 unspecified atom stereocenters. The fraction of sp³-hybridized carbons (Fsp3) is 1.00. The molecule has 0 amide bonds. The van der Waals surface area contributed by atoms with Gasteiger partial charge in [-0.3, -0.25) is 10.7 Å². The van der Waals surface area contributed by atoms with E-state index in [1.807, 2.05) is 19.0 Å². The zero-order valence-electron chi connectivity index (χ0n) is 10.6. The first-order chi connectivity index (χ1) is 7.91. The molecule has 0 heterocycles. The Morgan fingerprint density at radius 3 is 2.24 bits per heavy atom. The maximum Gasteiger partial charge on any atom is 0.107 e. The van der Waals surface area contributed by atoms with E-state index < -0.39 is 18.3 Å². The van der Waals surface area contributed by atoms with Gasteiger partial charge < -0.3 is 5.73 Å². The summed E-state index contributed by atoms with van der Waals surface area (Å²) in [5.74, 6) is 5.15. The molecule has 1 aliphatic rings. The van der Waals surface area contributed by atoms with Gasteiger partial charge in [0.2, 0.25) is 0 Å². The lowest BCUT2D eigenvalue weighted by Gasteiger charge is -2.33. The average molecular weight is 250 g/mol. The van der Waals surface area contributed by atoms with Gasteiger partial charge in [-0.25, -0.2) is 13.8 Å². The maximum atomic E-state index is 13.6. The fourth-order valence-electron chi connectivity index (χ4n) is 2.14. The number of rotatable bonds is 5. The molecule has 0 aromatic carbocycles. The molecule has 0 aromatic heterocycles. The normalized spacial score (nSPS) is 32.1. The highest BCUT2D eigenvalue weighted by Gasteiger charge is 2.34. The first-order valence-electron chi connectivity index (χ1n) is 6.11. The number of hydrogen-bond acceptors (Lipinski definition) is 4. The van der Waals surface area contributed by atoms with Crippen LogP contribution in [-0.4, -0.2) is 55.6 Å². The lowest BCUT2D eigenvalue weighted by Crippen LogP contribution is -2.52. The van der Waals surface area contributed by atoms with Crippen LogP contribution in [0.4, 0.5) is 8.78 Å². The summed E-state index contributed by atoms with van der Waals surface area (Å²) in [6, 6.07) is 0. The van der Waals surface area contributed by atoms with Crippen molar-refractivity contribution in [2.24, 2.45) is 17.5 Å². The van der Waals surface area contributed by atoms with Crippen molar-refractivity contribution < 1.29 is 8.78 Å². The van der Waals surface area contributed by atoms with Crippen molar-refractivity contribution in [1.82, 2.24) is 9.91 Å². The Morgan fingerprint density at radius 2 is 1.76 bits per heavy atom. The summed E-state index contributed by atoms with van der Waals surface area (Å²) >= 11 is 0. The Labute approximate surface area is 102 Å². The summed E-state index contributed by atoms with van der Waals surface area (Å²) in [4.78, 5) is 1.82. The highest BCUT2D eigenvalue weighted by molar-refractivity contribution is 4.84. The topological polar surface area (TPSA) is 58.5 Å². The third kappa shape index (κ3) is 4.46. The molecular formula is C11H24F2N4. The van der Waals surface area contributed by atoms with Gasteiger partial charge in [0.15, 0.2) is 0 Å². The molecule has 4 nitrogen and oxygen atoms in total. The van der Waals surface area contributed by atoms with Crippen molar-refractivity contribution in [2.75, 3.05) is 27.2 Å². The van der Waals surface area contributed by atoms with Gasteiger partial charge in [-0.15, -0.1) is 0 Å². The van der Waals surface area contributed by atoms with E-state index in [-0.39, 0.29) is 12.7 Å². The standard InChI is InChI=1S/C11H24F2N4/c1-16(2)11(14)7-17(15)6-8-9(12)4-3-5-10(8)13/h8-11H,3-7,14-15H2,1-2H3. The van der Waals surface area contributed by atoms with Crippen LogP contribution in [0.2, 0.25) is 0 Å². The predicted octanol–water partition coefficient (Wildman–Crippen LogP) is 0.485. The third-order valence-corrected chi connectivity index (χ3v) is 3.42. The van der Waals surface area contributed by atoms with E-state index >= 15 is 0 Å². The molecule has 1 aliphatic carbocycles. The number of nitrogens with two attached hydrogens (primary N) is 2. The van der Waals surface area contributed by atoms with Gasteiger partial charge in [0.1, 0.15) is 12.3 Å². The molecule has 0 aliphatic heterocycles. The van der Waals surface area contributed by atoms with E-state index in [1.165, 1.54) is 5.01 Å². The number of hydrazine groups is 1. The average Bonchev–Trinajstić information content (AvgIpc) is 2.23. The number of nitrogens with zero attached hydrogens (tertiary/aromatic N) is 2. The van der Waals surface area contributed by atoms with Crippen LogP contribution in [0.5, 0.6) is 0 Å². The largest absolute Gasteiger partial charge is 0.315 e. The van der Waals surface area contributed by atoms with Crippen molar-refractivity contribution in [3.63, 3.8) is 0 Å². The number of hydrogen-bond donors (Lipinski definition) is 2. The molecule has 0 spiro atoms. The molecule has 1 saturated carbocycles. The predicted molar refractivity (Wildman–Crippen MR) is 64.6 cm³/mol. The third-order valence-electron chi connectivity index (χ3n) is 3.42. The van der Waals surface area contributed by atoms with Crippen LogP contribution in [0.1, 0.15) is 19.3 Å². The molecule has 3 atom stereocenters. The van der Waals surface area contributed by atoms with Gasteiger partial charge in [-0.2, -0.15) is 0 Å². The fourth-order valence-corrected chi connectivity index (χ4v) is 2.14. The summed E-state index contributed by atoms with van der Waals surface area (Å²) < 4.78 is 27.2. The van der Waals surface area contributed by atoms with E-state index in [4.69, 9.17) is 11.6 Å². The maximum absolute atomic E-state index is 13.6. The van der Waals surface area contributed by atoms with Crippen molar-refractivity contribution in [3.05, 3.63) is 0 Å². The molecule has 4 N–H and O–H groups in total. The van der Waals surface area contributed by atoms with E-state index in [0.29, 0.717) is 25.8 Å². The monoisotopic (exact) mass is 250 g/mol. The summed E-state index contributed by atoms with van der Waals surface area (Å²) in [6.07, 6.45) is -0.877. The first kappa shape index (κ1) is 14.8. The highest BCUT2D eigenvalue weighted by atomic mass is 19.1. The highest BCUT2D eigenvalue weighted by Crippen LogP contribution is 2.29. The van der Waals surface area contributed by atoms with Gasteiger partial charge >= 0.3 is 0 Å². The Bertz CT molecular complexity index is 218. The lowest BCUT2D eigenvalue weighted by molar-refractivity contribution is 0.0400. The summed E-state index contributed by atoms with van der Waals surface area (Å²) in [6.45, 7) is 0.632. The van der Waals surface area contributed by atoms with E-state index in [2.05, 4.69) is 0 Å². The minimum absolute atomic E-state index is 0.222. The van der Waals surface area contributed by atoms with Crippen LogP contribution < -0.4 is 11.6 Å². The number of alkyl halides is 2. The second kappa shape index (κ2) is 6.58. The van der Waals surface area contributed by atoms with E-state index in [1.54, 1.807) is 0 Å². The van der Waals surface area contributed by atoms with Crippen LogP contribution in [0.25, 0.3) is 0 Å². The molecule has 1 fully saturated rings. The summed E-state index contributed by atoms with van der Waals surface area (Å²) in [5.41, 5.74) is 5.81. The van der Waals surface area contributed by atoms with Crippen molar-refractivity contribution in [3.8, 4) is 0 Å². The Kier molecular flexibility index (Phi) is 5.72. The minimum atomic E-state index is -1.08. The molecule has 0 saturated heterocycles. The smallest absolute Gasteiger partial charge is 0.107 e. The van der Waals surface area contributed by atoms with Gasteiger partial charge in [-0.1, -0.05) is 0 Å². The van der Waals surface area contributed by atoms with Crippen LogP contribution in [0.3, 0.4) is 0 Å². The van der Waals surface area contributed by atoms with Gasteiger partial charge in [-0.05, 0) is 33.4 Å². The molecule has 0 radical (unpaired) electrons. The quantitative estimate of drug-likeness (QED) is 0.423. The molecule has 102 valence electrons. The van der Waals surface area contributed by atoms with Gasteiger partial charge in [0.05, 0.1) is 6.17 Å². The van der Waals surface area contributed by atoms with E-state index in [0.717, 1.165) is 0 Å². The first-order valence-corrected chi connectivity index (χ1v) is 6.11. The minimum Gasteiger partial charge on any atom is -0.315 e. The second-order valence-electron chi connectivity index (χ2n) is 5.11. The van der Waals surface area contributed by atoms with Crippen molar-refractivity contribution in [1.29, 1.82) is 0 Å². The molecule has 0 bridgehead atoms. The Hall–Kier alpha value is -0.300. The molecule has 0 aromatic rings. The van der Waals surface area contributed by atoms with Gasteiger partial charge in [0.25, 0.3) is 0 Å². The number of likely N-dealkylation sites (N-methyl/N-ethyl adjacent to an activating group) is 1. The second-order valence-corrected chi connectivity index (χ2v) is 5.11. The molecule has 1 rings (SSSR count). The Morgan fingerprint density at radius 1 is 1.24 bits per heavy atom. The molecular weight excluding hydrogens is 226 g/mol. The molecule has 17 heavy (non-hydrogen) atoms. The number of halogens is 2. The van der Waals surface area contributed by atoms with E-state index in [9.17, 15) is 8.78 Å². The van der Waals surface area contributed by atoms with Crippen molar-refractivity contribution in [2.45, 2.75) is 37.8 Å². The summed E-state index contributed by atoms with van der Waals surface area (Å²) in [7, 11) is 3.68. The van der Waals surface area contributed by atoms with Gasteiger partial charge in [0, 0.05) is 19.0 Å². The molecule has 6 heteroatoms. The summed E-state index contributed by atoms with van der Waals surface area (Å²) in [5, 5.41) is 1.43. The van der Waals surface area contributed by atoms with Crippen LogP contribution >= 0.6 is 0 Å². The van der Waals surface area contributed by atoms with Crippen LogP contribution in [0, 0.1) is 5.92 Å². The van der Waals surface area contributed by atoms with Crippen LogP contribution in [-0.2, 0) is 0 Å². The lowest BCUT2D eigenvalue weighted by atomic mass is 9.85. The zero-order chi connectivity index (χ0) is 13.0. The van der Waals surface area contributed by atoms with Crippen LogP contribution in [0.15, 0.2) is 0 Å². The van der Waals surface area contributed by atoms with Crippen molar-refractivity contribution >= 4 is 0 Å².